The van der Waals surface area contributed by atoms with Crippen LogP contribution >= 0.6 is 34.5 Å². The quantitative estimate of drug-likeness (QED) is 0.326. The fourth-order valence-electron chi connectivity index (χ4n) is 3.45. The molecule has 184 valence electrons. The summed E-state index contributed by atoms with van der Waals surface area (Å²) < 4.78 is 1.60. The van der Waals surface area contributed by atoms with Gasteiger partial charge in [-0.1, -0.05) is 47.5 Å². The molecule has 2 aromatic heterocycles. The van der Waals surface area contributed by atoms with E-state index in [2.05, 4.69) is 20.8 Å². The van der Waals surface area contributed by atoms with Crippen LogP contribution in [0.5, 0.6) is 0 Å². The Labute approximate surface area is 219 Å². The molecule has 12 heteroatoms. The number of aliphatic carboxylic acids is 1. The molecular weight excluding hydrogens is 525 g/mol. The Balaban J connectivity index is 1.66. The first kappa shape index (κ1) is 25.4. The molecule has 0 radical (unpaired) electrons. The number of carbonyl (C=O) groups excluding carboxylic acids is 3. The Hall–Kier alpha value is -3.73. The van der Waals surface area contributed by atoms with Crippen molar-refractivity contribution in [3.8, 4) is 5.00 Å². The highest BCUT2D eigenvalue weighted by Gasteiger charge is 2.24. The summed E-state index contributed by atoms with van der Waals surface area (Å²) in [4.78, 5) is 37.5. The van der Waals surface area contributed by atoms with E-state index < -0.39 is 12.0 Å². The van der Waals surface area contributed by atoms with Crippen LogP contribution < -0.4 is 15.7 Å². The first-order valence-corrected chi connectivity index (χ1v) is 12.1. The van der Waals surface area contributed by atoms with Gasteiger partial charge in [-0.05, 0) is 37.3 Å². The maximum Gasteiger partial charge on any atom is 0.319 e. The maximum atomic E-state index is 13.4. The number of hydrogen-bond acceptors (Lipinski definition) is 7. The molecule has 0 atom stereocenters. The summed E-state index contributed by atoms with van der Waals surface area (Å²) in [6.07, 6.45) is -0.373. The number of para-hydroxylation sites is 1. The zero-order valence-corrected chi connectivity index (χ0v) is 21.1. The second kappa shape index (κ2) is 10.9. The molecule has 4 rings (SSSR count). The van der Waals surface area contributed by atoms with Gasteiger partial charge in [0.2, 0.25) is 0 Å². The Morgan fingerprint density at radius 3 is 2.39 bits per heavy atom. The van der Waals surface area contributed by atoms with E-state index in [1.54, 1.807) is 60.0 Å². The third-order valence-electron chi connectivity index (χ3n) is 5.07. The van der Waals surface area contributed by atoms with E-state index >= 15 is 0 Å². The van der Waals surface area contributed by atoms with Gasteiger partial charge in [-0.15, -0.1) is 21.5 Å². The standard InChI is InChI=1S/C24H19Cl2N5O4S/c1-13-29-30-20(12-27-24(35)28-19-9-5-4-8-18(19)26)31(13)23-16(10-14(36-23)11-21(32)33)22(34)15-6-2-3-7-17(15)25/h2-10H,11-12H2,1H3,(H,32,33)(H2,27,28,35)/p-1. The van der Waals surface area contributed by atoms with E-state index in [9.17, 15) is 19.5 Å². The zero-order valence-electron chi connectivity index (χ0n) is 18.7. The Morgan fingerprint density at radius 1 is 1.00 bits per heavy atom. The first-order chi connectivity index (χ1) is 17.2. The molecule has 36 heavy (non-hydrogen) atoms. The fraction of sp³-hybridized carbons (Fsp3) is 0.125. The summed E-state index contributed by atoms with van der Waals surface area (Å²) in [7, 11) is 0. The third-order valence-corrected chi connectivity index (χ3v) is 6.85. The summed E-state index contributed by atoms with van der Waals surface area (Å²) >= 11 is 13.4. The molecule has 0 unspecified atom stereocenters. The second-order valence-corrected chi connectivity index (χ2v) is 9.51. The minimum Gasteiger partial charge on any atom is -0.550 e. The lowest BCUT2D eigenvalue weighted by Gasteiger charge is -2.11. The highest BCUT2D eigenvalue weighted by atomic mass is 35.5. The van der Waals surface area contributed by atoms with E-state index in [0.29, 0.717) is 32.2 Å². The molecule has 2 N–H and O–H groups in total. The lowest BCUT2D eigenvalue weighted by Crippen LogP contribution is -2.29. The van der Waals surface area contributed by atoms with E-state index in [0.717, 1.165) is 11.3 Å². The molecule has 0 aliphatic carbocycles. The predicted octanol–water partition coefficient (Wildman–Crippen LogP) is 3.79. The van der Waals surface area contributed by atoms with Crippen molar-refractivity contribution in [2.75, 3.05) is 5.32 Å². The normalized spacial score (nSPS) is 10.8. The summed E-state index contributed by atoms with van der Waals surface area (Å²) in [5.41, 5.74) is 0.934. The number of carboxylic acids is 1. The summed E-state index contributed by atoms with van der Waals surface area (Å²) in [6, 6.07) is 14.3. The summed E-state index contributed by atoms with van der Waals surface area (Å²) in [6.45, 7) is 1.65. The summed E-state index contributed by atoms with van der Waals surface area (Å²) in [5.74, 6) is -0.900. The monoisotopic (exact) mass is 542 g/mol. The number of aryl methyl sites for hydroxylation is 1. The van der Waals surface area contributed by atoms with Gasteiger partial charge in [0.15, 0.2) is 11.6 Å². The van der Waals surface area contributed by atoms with E-state index in [4.69, 9.17) is 23.2 Å². The number of anilines is 1. The van der Waals surface area contributed by atoms with Gasteiger partial charge in [0.1, 0.15) is 10.8 Å². The van der Waals surface area contributed by atoms with Crippen LogP contribution in [0.25, 0.3) is 5.00 Å². The largest absolute Gasteiger partial charge is 0.550 e. The molecule has 0 aliphatic rings. The van der Waals surface area contributed by atoms with Crippen molar-refractivity contribution in [3.05, 3.63) is 92.3 Å². The van der Waals surface area contributed by atoms with Gasteiger partial charge in [-0.2, -0.15) is 0 Å². The number of ketones is 1. The van der Waals surface area contributed by atoms with Crippen LogP contribution in [0.1, 0.15) is 32.4 Å². The molecule has 0 fully saturated rings. The summed E-state index contributed by atoms with van der Waals surface area (Å²) in [5, 5.41) is 25.9. The van der Waals surface area contributed by atoms with Gasteiger partial charge in [0.25, 0.3) is 0 Å². The number of benzene rings is 2. The maximum absolute atomic E-state index is 13.4. The van der Waals surface area contributed by atoms with Crippen LogP contribution in [0, 0.1) is 6.92 Å². The van der Waals surface area contributed by atoms with Crippen LogP contribution in [-0.4, -0.2) is 32.5 Å². The number of urea groups is 1. The molecule has 4 aromatic rings. The molecule has 0 saturated heterocycles. The average molecular weight is 543 g/mol. The van der Waals surface area contributed by atoms with Gasteiger partial charge < -0.3 is 20.5 Å². The number of amides is 2. The molecule has 0 bridgehead atoms. The number of carbonyl (C=O) groups is 3. The molecule has 0 saturated carbocycles. The third kappa shape index (κ3) is 5.56. The molecule has 2 heterocycles. The molecule has 9 nitrogen and oxygen atoms in total. The number of hydrogen-bond donors (Lipinski definition) is 2. The number of aromatic nitrogens is 3. The van der Waals surface area contributed by atoms with Crippen LogP contribution in [-0.2, 0) is 17.8 Å². The minimum atomic E-state index is -1.28. The van der Waals surface area contributed by atoms with Crippen LogP contribution in [0.2, 0.25) is 10.0 Å². The van der Waals surface area contributed by atoms with Crippen molar-refractivity contribution in [1.82, 2.24) is 20.1 Å². The highest BCUT2D eigenvalue weighted by molar-refractivity contribution is 7.15. The highest BCUT2D eigenvalue weighted by Crippen LogP contribution is 2.32. The van der Waals surface area contributed by atoms with E-state index in [1.807, 2.05) is 0 Å². The SMILES string of the molecule is Cc1nnc(CNC(=O)Nc2ccccc2Cl)n1-c1sc(CC(=O)[O-])cc1C(=O)c1ccccc1Cl. The van der Waals surface area contributed by atoms with Crippen LogP contribution in [0.15, 0.2) is 54.6 Å². The second-order valence-electron chi connectivity index (χ2n) is 7.58. The lowest BCUT2D eigenvalue weighted by atomic mass is 10.0. The van der Waals surface area contributed by atoms with Crippen molar-refractivity contribution in [1.29, 1.82) is 0 Å². The van der Waals surface area contributed by atoms with Gasteiger partial charge in [-0.3, -0.25) is 9.36 Å². The topological polar surface area (TPSA) is 129 Å². The van der Waals surface area contributed by atoms with Crippen LogP contribution in [0.4, 0.5) is 10.5 Å². The molecule has 2 aromatic carbocycles. The van der Waals surface area contributed by atoms with Crippen molar-refractivity contribution in [2.24, 2.45) is 0 Å². The van der Waals surface area contributed by atoms with E-state index in [1.165, 1.54) is 6.07 Å². The molecule has 0 aliphatic heterocycles. The van der Waals surface area contributed by atoms with Crippen LogP contribution in [0.3, 0.4) is 0 Å². The van der Waals surface area contributed by atoms with Gasteiger partial charge >= 0.3 is 6.03 Å². The minimum absolute atomic E-state index is 0.0371. The zero-order chi connectivity index (χ0) is 25.8. The fourth-order valence-corrected chi connectivity index (χ4v) is 5.06. The van der Waals surface area contributed by atoms with Crippen molar-refractivity contribution < 1.29 is 19.5 Å². The number of carboxylic acid groups (broad SMARTS) is 1. The van der Waals surface area contributed by atoms with E-state index in [-0.39, 0.29) is 34.9 Å². The van der Waals surface area contributed by atoms with Gasteiger partial charge in [0.05, 0.1) is 27.8 Å². The first-order valence-electron chi connectivity index (χ1n) is 10.6. The number of thiophene rings is 1. The smallest absolute Gasteiger partial charge is 0.319 e. The Bertz CT molecular complexity index is 1470. The average Bonchev–Trinajstić information content (AvgIpc) is 3.41. The van der Waals surface area contributed by atoms with Gasteiger partial charge in [0, 0.05) is 22.8 Å². The number of rotatable bonds is 8. The Kier molecular flexibility index (Phi) is 7.68. The lowest BCUT2D eigenvalue weighted by molar-refractivity contribution is -0.304. The van der Waals surface area contributed by atoms with Gasteiger partial charge in [-0.25, -0.2) is 4.79 Å². The molecule has 2 amide bonds. The molecule has 0 spiro atoms. The number of nitrogens with zero attached hydrogens (tertiary/aromatic N) is 3. The van der Waals surface area contributed by atoms with Crippen molar-refractivity contribution in [3.63, 3.8) is 0 Å². The molecular formula is C24H18Cl2N5O4S-. The number of nitrogens with one attached hydrogen (secondary N) is 2. The van der Waals surface area contributed by atoms with Crippen molar-refractivity contribution >= 4 is 58.0 Å². The predicted molar refractivity (Wildman–Crippen MR) is 135 cm³/mol. The number of halogens is 2. The van der Waals surface area contributed by atoms with Crippen molar-refractivity contribution in [2.45, 2.75) is 19.9 Å². The Morgan fingerprint density at radius 2 is 1.69 bits per heavy atom.